The fourth-order valence-corrected chi connectivity index (χ4v) is 5.34. The number of hydrogen-bond acceptors (Lipinski definition) is 3. The molecule has 2 aliphatic rings. The number of nitrogens with one attached hydrogen (secondary N) is 1. The predicted octanol–water partition coefficient (Wildman–Crippen LogP) is 4.37. The van der Waals surface area contributed by atoms with E-state index in [-0.39, 0.29) is 35.2 Å². The van der Waals surface area contributed by atoms with Crippen LogP contribution in [-0.4, -0.2) is 34.6 Å². The fourth-order valence-electron chi connectivity index (χ4n) is 3.90. The van der Waals surface area contributed by atoms with Crippen molar-refractivity contribution in [1.82, 2.24) is 10.2 Å². The van der Waals surface area contributed by atoms with E-state index >= 15 is 0 Å². The zero-order valence-corrected chi connectivity index (χ0v) is 17.5. The highest BCUT2D eigenvalue weighted by Gasteiger charge is 2.44. The third kappa shape index (κ3) is 4.68. The van der Waals surface area contributed by atoms with Crippen molar-refractivity contribution in [3.63, 3.8) is 0 Å². The molecule has 1 aromatic rings. The van der Waals surface area contributed by atoms with Gasteiger partial charge in [-0.15, -0.1) is 11.8 Å². The van der Waals surface area contributed by atoms with Crippen LogP contribution in [0.1, 0.15) is 63.8 Å². The zero-order chi connectivity index (χ0) is 19.4. The molecule has 148 valence electrons. The molecule has 1 saturated carbocycles. The molecule has 3 rings (SSSR count). The maximum absolute atomic E-state index is 13.5. The third-order valence-electron chi connectivity index (χ3n) is 5.97. The number of rotatable bonds is 5. The minimum absolute atomic E-state index is 0.00806. The molecule has 0 radical (unpaired) electrons. The van der Waals surface area contributed by atoms with Gasteiger partial charge in [0.1, 0.15) is 11.4 Å². The quantitative estimate of drug-likeness (QED) is 0.815. The highest BCUT2D eigenvalue weighted by Crippen LogP contribution is 2.43. The molecule has 1 aliphatic carbocycles. The Bertz CT molecular complexity index is 643. The third-order valence-corrected chi connectivity index (χ3v) is 7.29. The Labute approximate surface area is 167 Å². The summed E-state index contributed by atoms with van der Waals surface area (Å²) in [5.74, 6) is 1.27. The maximum atomic E-state index is 13.5. The summed E-state index contributed by atoms with van der Waals surface area (Å²) >= 11 is 1.71. The smallest absolute Gasteiger partial charge is 0.243 e. The lowest BCUT2D eigenvalue weighted by Gasteiger charge is -2.34. The second-order valence-electron chi connectivity index (χ2n) is 8.23. The van der Waals surface area contributed by atoms with E-state index < -0.39 is 0 Å². The first-order valence-corrected chi connectivity index (χ1v) is 11.3. The van der Waals surface area contributed by atoms with Crippen molar-refractivity contribution in [2.75, 3.05) is 5.75 Å². The Hall–Kier alpha value is -1.49. The van der Waals surface area contributed by atoms with E-state index in [1.54, 1.807) is 11.8 Å². The van der Waals surface area contributed by atoms with Gasteiger partial charge >= 0.3 is 0 Å². The van der Waals surface area contributed by atoms with Crippen LogP contribution in [0, 0.1) is 11.8 Å². The fraction of sp³-hybridized carbons (Fsp3) is 0.636. The molecule has 0 spiro atoms. The molecule has 1 N–H and O–H groups in total. The molecule has 27 heavy (non-hydrogen) atoms. The molecule has 0 bridgehead atoms. The van der Waals surface area contributed by atoms with Gasteiger partial charge in [-0.05, 0) is 31.2 Å². The van der Waals surface area contributed by atoms with Gasteiger partial charge in [0, 0.05) is 17.7 Å². The Morgan fingerprint density at radius 2 is 1.74 bits per heavy atom. The van der Waals surface area contributed by atoms with Crippen LogP contribution in [0.5, 0.6) is 0 Å². The summed E-state index contributed by atoms with van der Waals surface area (Å²) < 4.78 is 0. The van der Waals surface area contributed by atoms with Crippen LogP contribution in [0.25, 0.3) is 0 Å². The van der Waals surface area contributed by atoms with Gasteiger partial charge in [0.2, 0.25) is 11.8 Å². The van der Waals surface area contributed by atoms with Crippen molar-refractivity contribution >= 4 is 23.6 Å². The summed E-state index contributed by atoms with van der Waals surface area (Å²) in [6.45, 7) is 6.24. The first-order valence-electron chi connectivity index (χ1n) is 10.3. The largest absolute Gasteiger partial charge is 0.352 e. The molecular weight excluding hydrogens is 356 g/mol. The molecule has 4 nitrogen and oxygen atoms in total. The minimum Gasteiger partial charge on any atom is -0.352 e. The second kappa shape index (κ2) is 9.13. The topological polar surface area (TPSA) is 49.4 Å². The molecule has 1 saturated heterocycles. The number of amides is 2. The summed E-state index contributed by atoms with van der Waals surface area (Å²) in [4.78, 5) is 28.4. The van der Waals surface area contributed by atoms with E-state index in [9.17, 15) is 9.59 Å². The van der Waals surface area contributed by atoms with E-state index in [4.69, 9.17) is 0 Å². The highest BCUT2D eigenvalue weighted by atomic mass is 32.2. The predicted molar refractivity (Wildman–Crippen MR) is 111 cm³/mol. The molecular formula is C22H32N2O2S. The number of carbonyl (C=O) groups excluding carboxylic acids is 2. The van der Waals surface area contributed by atoms with E-state index in [2.05, 4.69) is 31.3 Å². The number of carbonyl (C=O) groups is 2. The van der Waals surface area contributed by atoms with Gasteiger partial charge in [0.15, 0.2) is 0 Å². The van der Waals surface area contributed by atoms with Crippen LogP contribution in [-0.2, 0) is 9.59 Å². The van der Waals surface area contributed by atoms with Gasteiger partial charge < -0.3 is 10.2 Å². The summed E-state index contributed by atoms with van der Waals surface area (Å²) in [5.41, 5.74) is 1.11. The average molecular weight is 389 g/mol. The molecule has 1 aliphatic heterocycles. The van der Waals surface area contributed by atoms with Crippen molar-refractivity contribution in [1.29, 1.82) is 0 Å². The normalized spacial score (nSPS) is 24.8. The zero-order valence-electron chi connectivity index (χ0n) is 16.7. The molecule has 5 heteroatoms. The van der Waals surface area contributed by atoms with Gasteiger partial charge in [-0.1, -0.05) is 63.4 Å². The molecule has 2 fully saturated rings. The van der Waals surface area contributed by atoms with E-state index in [1.807, 2.05) is 30.0 Å². The standard InChI is InChI=1S/C22H32N2O2S/c1-15(2)16(3)23-20(25)19-14-27-22(18-12-8-5-9-13-18)24(19)21(26)17-10-6-4-7-11-17/h5,8-9,12-13,15-17,19,22H,4,6-7,10-11,14H2,1-3H3,(H,23,25). The molecule has 1 aromatic carbocycles. The maximum Gasteiger partial charge on any atom is 0.243 e. The van der Waals surface area contributed by atoms with Crippen LogP contribution >= 0.6 is 11.8 Å². The first kappa shape index (κ1) is 20.2. The van der Waals surface area contributed by atoms with Crippen molar-refractivity contribution in [2.24, 2.45) is 11.8 Å². The molecule has 1 heterocycles. The summed E-state index contributed by atoms with van der Waals surface area (Å²) in [6, 6.07) is 9.86. The second-order valence-corrected chi connectivity index (χ2v) is 9.35. The van der Waals surface area contributed by atoms with Crippen molar-refractivity contribution in [3.8, 4) is 0 Å². The number of benzene rings is 1. The SMILES string of the molecule is CC(C)C(C)NC(=O)C1CSC(c2ccccc2)N1C(=O)C1CCCCC1. The van der Waals surface area contributed by atoms with Crippen LogP contribution in [0.3, 0.4) is 0 Å². The Balaban J connectivity index is 1.83. The Morgan fingerprint density at radius 3 is 2.37 bits per heavy atom. The highest BCUT2D eigenvalue weighted by molar-refractivity contribution is 7.99. The van der Waals surface area contributed by atoms with E-state index in [0.29, 0.717) is 11.7 Å². The molecule has 3 atom stereocenters. The van der Waals surface area contributed by atoms with Crippen LogP contribution in [0.15, 0.2) is 30.3 Å². The monoisotopic (exact) mass is 388 g/mol. The lowest BCUT2D eigenvalue weighted by molar-refractivity contribution is -0.144. The van der Waals surface area contributed by atoms with Gasteiger partial charge in [0.25, 0.3) is 0 Å². The average Bonchev–Trinajstić information content (AvgIpc) is 3.13. The van der Waals surface area contributed by atoms with Crippen LogP contribution in [0.4, 0.5) is 0 Å². The number of thioether (sulfide) groups is 1. The summed E-state index contributed by atoms with van der Waals surface area (Å²) in [7, 11) is 0. The summed E-state index contributed by atoms with van der Waals surface area (Å²) in [6.07, 6.45) is 5.37. The van der Waals surface area contributed by atoms with Gasteiger partial charge in [-0.25, -0.2) is 0 Å². The van der Waals surface area contributed by atoms with E-state index in [0.717, 1.165) is 31.2 Å². The van der Waals surface area contributed by atoms with Gasteiger partial charge in [0.05, 0.1) is 0 Å². The van der Waals surface area contributed by atoms with Gasteiger partial charge in [-0.2, -0.15) is 0 Å². The molecule has 2 amide bonds. The van der Waals surface area contributed by atoms with Crippen LogP contribution < -0.4 is 5.32 Å². The summed E-state index contributed by atoms with van der Waals surface area (Å²) in [5, 5.41) is 3.07. The number of nitrogens with zero attached hydrogens (tertiary/aromatic N) is 1. The first-order chi connectivity index (χ1) is 13.0. The molecule has 0 aromatic heterocycles. The van der Waals surface area contributed by atoms with Crippen LogP contribution in [0.2, 0.25) is 0 Å². The van der Waals surface area contributed by atoms with Crippen molar-refractivity contribution < 1.29 is 9.59 Å². The number of hydrogen-bond donors (Lipinski definition) is 1. The lowest BCUT2D eigenvalue weighted by atomic mass is 9.88. The Kier molecular flexibility index (Phi) is 6.85. The van der Waals surface area contributed by atoms with Crippen molar-refractivity contribution in [2.45, 2.75) is 70.3 Å². The van der Waals surface area contributed by atoms with Crippen molar-refractivity contribution in [3.05, 3.63) is 35.9 Å². The van der Waals surface area contributed by atoms with Gasteiger partial charge in [-0.3, -0.25) is 9.59 Å². The Morgan fingerprint density at radius 1 is 1.07 bits per heavy atom. The minimum atomic E-state index is -0.379. The lowest BCUT2D eigenvalue weighted by Crippen LogP contribution is -2.52. The molecule has 3 unspecified atom stereocenters. The van der Waals surface area contributed by atoms with E-state index in [1.165, 1.54) is 6.42 Å².